The summed E-state index contributed by atoms with van der Waals surface area (Å²) in [5.74, 6) is -0.0888. The number of nitro benzene ring substituents is 1. The van der Waals surface area contributed by atoms with Crippen LogP contribution in [0.5, 0.6) is 5.75 Å². The molecular formula is C21H19N3O6S. The molecule has 10 heteroatoms. The number of nitro groups is 1. The Morgan fingerprint density at radius 2 is 1.71 bits per heavy atom. The maximum atomic E-state index is 12.6. The first-order chi connectivity index (χ1) is 14.7. The van der Waals surface area contributed by atoms with Gasteiger partial charge in [-0.1, -0.05) is 12.1 Å². The number of hydrogen-bond donors (Lipinski definition) is 2. The van der Waals surface area contributed by atoms with Crippen molar-refractivity contribution < 1.29 is 22.9 Å². The molecule has 160 valence electrons. The molecule has 0 atom stereocenters. The zero-order valence-corrected chi connectivity index (χ0v) is 17.5. The summed E-state index contributed by atoms with van der Waals surface area (Å²) < 4.78 is 32.9. The molecule has 0 saturated heterocycles. The van der Waals surface area contributed by atoms with Crippen molar-refractivity contribution in [2.45, 2.75) is 11.8 Å². The van der Waals surface area contributed by atoms with Crippen LogP contribution in [0.3, 0.4) is 0 Å². The third-order valence-corrected chi connectivity index (χ3v) is 5.81. The van der Waals surface area contributed by atoms with Gasteiger partial charge in [0.2, 0.25) is 0 Å². The number of amides is 1. The maximum Gasteiger partial charge on any atom is 0.272 e. The molecule has 9 nitrogen and oxygen atoms in total. The maximum absolute atomic E-state index is 12.6. The van der Waals surface area contributed by atoms with Crippen LogP contribution in [-0.2, 0) is 10.0 Å². The highest BCUT2D eigenvalue weighted by Gasteiger charge is 2.17. The zero-order chi connectivity index (χ0) is 22.6. The first kappa shape index (κ1) is 21.8. The van der Waals surface area contributed by atoms with Gasteiger partial charge in [0.1, 0.15) is 5.75 Å². The number of sulfonamides is 1. The Balaban J connectivity index is 1.74. The van der Waals surface area contributed by atoms with Gasteiger partial charge in [-0.2, -0.15) is 0 Å². The van der Waals surface area contributed by atoms with Crippen molar-refractivity contribution in [3.63, 3.8) is 0 Å². The first-order valence-corrected chi connectivity index (χ1v) is 10.5. The number of nitrogens with zero attached hydrogens (tertiary/aromatic N) is 1. The topological polar surface area (TPSA) is 128 Å². The van der Waals surface area contributed by atoms with E-state index in [2.05, 4.69) is 10.0 Å². The number of rotatable bonds is 7. The number of carbonyl (C=O) groups excluding carboxylic acids is 1. The van der Waals surface area contributed by atoms with Crippen LogP contribution >= 0.6 is 0 Å². The number of carbonyl (C=O) groups is 1. The van der Waals surface area contributed by atoms with E-state index < -0.39 is 20.9 Å². The van der Waals surface area contributed by atoms with Gasteiger partial charge in [-0.15, -0.1) is 0 Å². The molecule has 0 bridgehead atoms. The van der Waals surface area contributed by atoms with Crippen LogP contribution in [0.1, 0.15) is 15.9 Å². The van der Waals surface area contributed by atoms with Crippen molar-refractivity contribution in [1.82, 2.24) is 0 Å². The van der Waals surface area contributed by atoms with Gasteiger partial charge in [0, 0.05) is 22.9 Å². The molecule has 0 saturated carbocycles. The third-order valence-electron chi connectivity index (χ3n) is 4.43. The van der Waals surface area contributed by atoms with E-state index in [0.717, 1.165) is 0 Å². The smallest absolute Gasteiger partial charge is 0.272 e. The summed E-state index contributed by atoms with van der Waals surface area (Å²) in [5, 5.41) is 13.5. The second-order valence-electron chi connectivity index (χ2n) is 6.54. The van der Waals surface area contributed by atoms with Crippen molar-refractivity contribution in [1.29, 1.82) is 0 Å². The normalized spacial score (nSPS) is 10.9. The highest BCUT2D eigenvalue weighted by Crippen LogP contribution is 2.26. The Bertz CT molecular complexity index is 1240. The monoisotopic (exact) mass is 441 g/mol. The van der Waals surface area contributed by atoms with E-state index in [9.17, 15) is 23.3 Å². The van der Waals surface area contributed by atoms with Crippen LogP contribution in [0.25, 0.3) is 0 Å². The molecular weight excluding hydrogens is 422 g/mol. The fourth-order valence-electron chi connectivity index (χ4n) is 2.85. The lowest BCUT2D eigenvalue weighted by atomic mass is 10.1. The van der Waals surface area contributed by atoms with Crippen molar-refractivity contribution >= 4 is 33.0 Å². The molecule has 0 fully saturated rings. The van der Waals surface area contributed by atoms with E-state index in [0.29, 0.717) is 22.7 Å². The van der Waals surface area contributed by atoms with Gasteiger partial charge in [-0.25, -0.2) is 8.42 Å². The Hall–Kier alpha value is -3.92. The number of hydrogen-bond acceptors (Lipinski definition) is 6. The number of anilines is 2. The quantitative estimate of drug-likeness (QED) is 0.422. The lowest BCUT2D eigenvalue weighted by molar-refractivity contribution is -0.385. The number of nitrogens with one attached hydrogen (secondary N) is 2. The first-order valence-electron chi connectivity index (χ1n) is 9.03. The van der Waals surface area contributed by atoms with Gasteiger partial charge < -0.3 is 10.1 Å². The summed E-state index contributed by atoms with van der Waals surface area (Å²) in [4.78, 5) is 22.8. The van der Waals surface area contributed by atoms with Crippen molar-refractivity contribution in [2.24, 2.45) is 0 Å². The van der Waals surface area contributed by atoms with Crippen molar-refractivity contribution in [3.8, 4) is 5.75 Å². The van der Waals surface area contributed by atoms with E-state index >= 15 is 0 Å². The lowest BCUT2D eigenvalue weighted by Crippen LogP contribution is -2.14. The summed E-state index contributed by atoms with van der Waals surface area (Å²) in [6.45, 7) is 1.54. The fourth-order valence-corrected chi connectivity index (χ4v) is 3.93. The van der Waals surface area contributed by atoms with Gasteiger partial charge in [0.15, 0.2) is 0 Å². The van der Waals surface area contributed by atoms with E-state index in [-0.39, 0.29) is 16.1 Å². The summed E-state index contributed by atoms with van der Waals surface area (Å²) in [6, 6.07) is 16.3. The largest absolute Gasteiger partial charge is 0.495 e. The molecule has 0 aliphatic rings. The molecule has 0 spiro atoms. The van der Waals surface area contributed by atoms with Crippen LogP contribution in [0.4, 0.5) is 17.1 Å². The average molecular weight is 441 g/mol. The van der Waals surface area contributed by atoms with E-state index in [1.807, 2.05) is 0 Å². The van der Waals surface area contributed by atoms with Crippen LogP contribution < -0.4 is 14.8 Å². The minimum absolute atomic E-state index is 0.00239. The molecule has 1 amide bonds. The Morgan fingerprint density at radius 1 is 1.03 bits per heavy atom. The predicted molar refractivity (Wildman–Crippen MR) is 116 cm³/mol. The van der Waals surface area contributed by atoms with Crippen LogP contribution in [-0.4, -0.2) is 26.4 Å². The highest BCUT2D eigenvalue weighted by molar-refractivity contribution is 7.92. The summed E-state index contributed by atoms with van der Waals surface area (Å²) in [5.41, 5.74) is 1.21. The number of para-hydroxylation sites is 2. The average Bonchev–Trinajstić information content (AvgIpc) is 2.74. The SMILES string of the molecule is COc1ccccc1NS(=O)(=O)c1ccc(NC(=O)c2ccc([N+](=O)[O-])c(C)c2)cc1. The zero-order valence-electron chi connectivity index (χ0n) is 16.7. The van der Waals surface area contributed by atoms with Gasteiger partial charge in [-0.3, -0.25) is 19.6 Å². The van der Waals surface area contributed by atoms with E-state index in [1.54, 1.807) is 31.2 Å². The highest BCUT2D eigenvalue weighted by atomic mass is 32.2. The molecule has 0 unspecified atom stereocenters. The van der Waals surface area contributed by atoms with Crippen LogP contribution in [0.15, 0.2) is 71.6 Å². The predicted octanol–water partition coefficient (Wildman–Crippen LogP) is 3.96. The number of methoxy groups -OCH3 is 1. The van der Waals surface area contributed by atoms with E-state index in [4.69, 9.17) is 4.74 Å². The second kappa shape index (κ2) is 8.84. The van der Waals surface area contributed by atoms with Crippen molar-refractivity contribution in [3.05, 3.63) is 88.0 Å². The molecule has 0 aliphatic carbocycles. The molecule has 0 aliphatic heterocycles. The Kier molecular flexibility index (Phi) is 6.21. The number of aryl methyl sites for hydroxylation is 1. The minimum atomic E-state index is -3.87. The van der Waals surface area contributed by atoms with Crippen LogP contribution in [0.2, 0.25) is 0 Å². The Morgan fingerprint density at radius 3 is 2.32 bits per heavy atom. The second-order valence-corrected chi connectivity index (χ2v) is 8.23. The van der Waals surface area contributed by atoms with Gasteiger partial charge >= 0.3 is 0 Å². The number of benzene rings is 3. The standard InChI is InChI=1S/C21H19N3O6S/c1-14-13-15(7-12-19(14)24(26)27)21(25)22-16-8-10-17(11-9-16)31(28,29)23-18-5-3-4-6-20(18)30-2/h3-13,23H,1-2H3,(H,22,25). The molecule has 3 aromatic carbocycles. The lowest BCUT2D eigenvalue weighted by Gasteiger charge is -2.12. The molecule has 0 aromatic heterocycles. The summed E-state index contributed by atoms with van der Waals surface area (Å²) in [6.07, 6.45) is 0. The van der Waals surface area contributed by atoms with Gasteiger partial charge in [0.05, 0.1) is 22.6 Å². The molecule has 31 heavy (non-hydrogen) atoms. The molecule has 2 N–H and O–H groups in total. The molecule has 0 heterocycles. The van der Waals surface area contributed by atoms with Gasteiger partial charge in [-0.05, 0) is 55.5 Å². The molecule has 3 rings (SSSR count). The van der Waals surface area contributed by atoms with Crippen molar-refractivity contribution in [2.75, 3.05) is 17.1 Å². The molecule has 0 radical (unpaired) electrons. The summed E-state index contributed by atoms with van der Waals surface area (Å²) in [7, 11) is -2.43. The minimum Gasteiger partial charge on any atom is -0.495 e. The van der Waals surface area contributed by atoms with Crippen LogP contribution in [0, 0.1) is 17.0 Å². The third kappa shape index (κ3) is 4.98. The Labute approximate surface area is 178 Å². The summed E-state index contributed by atoms with van der Waals surface area (Å²) >= 11 is 0. The van der Waals surface area contributed by atoms with E-state index in [1.165, 1.54) is 49.6 Å². The fraction of sp³-hybridized carbons (Fsp3) is 0.0952. The van der Waals surface area contributed by atoms with Gasteiger partial charge in [0.25, 0.3) is 21.6 Å². The molecule has 3 aromatic rings. The number of ether oxygens (including phenoxy) is 1.